The molecule has 1 atom stereocenters. The highest BCUT2D eigenvalue weighted by Gasteiger charge is 2.34. The minimum Gasteiger partial charge on any atom is -0.385 e. The highest BCUT2D eigenvalue weighted by Crippen LogP contribution is 2.31. The van der Waals surface area contributed by atoms with E-state index >= 15 is 0 Å². The van der Waals surface area contributed by atoms with Gasteiger partial charge in [0.1, 0.15) is 0 Å². The smallest absolute Gasteiger partial charge is 0.233 e. The van der Waals surface area contributed by atoms with Crippen molar-refractivity contribution >= 4 is 5.91 Å². The van der Waals surface area contributed by atoms with Gasteiger partial charge >= 0.3 is 0 Å². The average molecular weight is 286 g/mol. The van der Waals surface area contributed by atoms with Gasteiger partial charge in [-0.15, -0.1) is 0 Å². The molecule has 1 amide bonds. The molecule has 1 aliphatic rings. The standard InChI is InChI=1S/C15H30N2O3/c1-4-15(5-2)11-13(7-10-20-15)17-12-14(18)16-8-6-9-19-3/h13,17H,4-12H2,1-3H3,(H,16,18). The number of hydrogen-bond acceptors (Lipinski definition) is 4. The first kappa shape index (κ1) is 17.4. The first-order chi connectivity index (χ1) is 9.65. The second-order valence-electron chi connectivity index (χ2n) is 5.51. The van der Waals surface area contributed by atoms with Crippen LogP contribution in [-0.4, -0.2) is 51.0 Å². The van der Waals surface area contributed by atoms with Crippen molar-refractivity contribution in [3.05, 3.63) is 0 Å². The van der Waals surface area contributed by atoms with Crippen LogP contribution in [-0.2, 0) is 14.3 Å². The lowest BCUT2D eigenvalue weighted by molar-refractivity contribution is -0.121. The van der Waals surface area contributed by atoms with E-state index in [1.165, 1.54) is 0 Å². The molecule has 5 nitrogen and oxygen atoms in total. The number of methoxy groups -OCH3 is 1. The van der Waals surface area contributed by atoms with E-state index in [2.05, 4.69) is 24.5 Å². The monoisotopic (exact) mass is 286 g/mol. The van der Waals surface area contributed by atoms with Gasteiger partial charge in [0.25, 0.3) is 0 Å². The lowest BCUT2D eigenvalue weighted by atomic mass is 9.86. The zero-order valence-electron chi connectivity index (χ0n) is 13.2. The van der Waals surface area contributed by atoms with Crippen LogP contribution in [0.4, 0.5) is 0 Å². The molecule has 5 heteroatoms. The molecule has 0 aromatic rings. The minimum atomic E-state index is 0.00482. The third kappa shape index (κ3) is 5.77. The maximum absolute atomic E-state index is 11.7. The first-order valence-corrected chi connectivity index (χ1v) is 7.78. The number of ether oxygens (including phenoxy) is 2. The van der Waals surface area contributed by atoms with Crippen molar-refractivity contribution in [1.29, 1.82) is 0 Å². The second-order valence-corrected chi connectivity index (χ2v) is 5.51. The number of carbonyl (C=O) groups excluding carboxylic acids is 1. The molecule has 1 saturated heterocycles. The van der Waals surface area contributed by atoms with Gasteiger partial charge in [0, 0.05) is 32.9 Å². The third-order valence-corrected chi connectivity index (χ3v) is 4.18. The molecule has 1 unspecified atom stereocenters. The summed E-state index contributed by atoms with van der Waals surface area (Å²) in [6.45, 7) is 6.89. The Balaban J connectivity index is 2.22. The molecule has 2 N–H and O–H groups in total. The SMILES string of the molecule is CCC1(CC)CC(NCC(=O)NCCCOC)CCO1. The number of carbonyl (C=O) groups is 1. The Morgan fingerprint density at radius 1 is 1.40 bits per heavy atom. The first-order valence-electron chi connectivity index (χ1n) is 7.78. The summed E-state index contributed by atoms with van der Waals surface area (Å²) in [7, 11) is 1.67. The Labute approximate surface area is 122 Å². The molecule has 118 valence electrons. The van der Waals surface area contributed by atoms with Crippen LogP contribution in [0.15, 0.2) is 0 Å². The summed E-state index contributed by atoms with van der Waals surface area (Å²) in [4.78, 5) is 11.7. The predicted molar refractivity (Wildman–Crippen MR) is 79.8 cm³/mol. The fourth-order valence-electron chi connectivity index (χ4n) is 2.69. The Morgan fingerprint density at radius 2 is 2.15 bits per heavy atom. The van der Waals surface area contributed by atoms with Gasteiger partial charge in [-0.1, -0.05) is 13.8 Å². The molecule has 0 aromatic heterocycles. The minimum absolute atomic E-state index is 0.00482. The van der Waals surface area contributed by atoms with E-state index in [1.54, 1.807) is 7.11 Å². The van der Waals surface area contributed by atoms with E-state index in [-0.39, 0.29) is 11.5 Å². The largest absolute Gasteiger partial charge is 0.385 e. The van der Waals surface area contributed by atoms with Crippen molar-refractivity contribution in [1.82, 2.24) is 10.6 Å². The van der Waals surface area contributed by atoms with E-state index < -0.39 is 0 Å². The molecule has 0 spiro atoms. The van der Waals surface area contributed by atoms with Gasteiger partial charge in [0.05, 0.1) is 12.1 Å². The molecular formula is C15H30N2O3. The quantitative estimate of drug-likeness (QED) is 0.630. The topological polar surface area (TPSA) is 59.6 Å². The molecule has 0 saturated carbocycles. The highest BCUT2D eigenvalue weighted by atomic mass is 16.5. The van der Waals surface area contributed by atoms with Gasteiger partial charge in [-0.3, -0.25) is 4.79 Å². The molecule has 0 aliphatic carbocycles. The maximum Gasteiger partial charge on any atom is 0.233 e. The predicted octanol–water partition coefficient (Wildman–Crippen LogP) is 1.47. The van der Waals surface area contributed by atoms with Crippen LogP contribution in [0, 0.1) is 0 Å². The van der Waals surface area contributed by atoms with E-state index in [4.69, 9.17) is 9.47 Å². The summed E-state index contributed by atoms with van der Waals surface area (Å²) in [6.07, 6.45) is 4.90. The summed E-state index contributed by atoms with van der Waals surface area (Å²) in [5, 5.41) is 6.26. The number of rotatable bonds is 9. The fourth-order valence-corrected chi connectivity index (χ4v) is 2.69. The Kier molecular flexibility index (Phi) is 8.11. The summed E-state index contributed by atoms with van der Waals surface area (Å²) in [5.41, 5.74) is 0.00482. The molecular weight excluding hydrogens is 256 g/mol. The highest BCUT2D eigenvalue weighted by molar-refractivity contribution is 5.77. The summed E-state index contributed by atoms with van der Waals surface area (Å²) < 4.78 is 10.9. The number of hydrogen-bond donors (Lipinski definition) is 2. The molecule has 0 radical (unpaired) electrons. The van der Waals surface area contributed by atoms with Crippen LogP contribution >= 0.6 is 0 Å². The van der Waals surface area contributed by atoms with Crippen molar-refractivity contribution in [2.24, 2.45) is 0 Å². The van der Waals surface area contributed by atoms with Gasteiger partial charge in [-0.25, -0.2) is 0 Å². The van der Waals surface area contributed by atoms with Gasteiger partial charge in [0.2, 0.25) is 5.91 Å². The van der Waals surface area contributed by atoms with Crippen molar-refractivity contribution in [2.75, 3.05) is 33.4 Å². The average Bonchev–Trinajstić information content (AvgIpc) is 2.49. The Morgan fingerprint density at radius 3 is 2.80 bits per heavy atom. The normalized spacial score (nSPS) is 21.6. The zero-order valence-corrected chi connectivity index (χ0v) is 13.2. The molecule has 1 heterocycles. The van der Waals surface area contributed by atoms with Crippen molar-refractivity contribution in [3.63, 3.8) is 0 Å². The molecule has 0 bridgehead atoms. The maximum atomic E-state index is 11.7. The Hall–Kier alpha value is -0.650. The van der Waals surface area contributed by atoms with Gasteiger partial charge in [-0.2, -0.15) is 0 Å². The van der Waals surface area contributed by atoms with Gasteiger partial charge in [0.15, 0.2) is 0 Å². The summed E-state index contributed by atoms with van der Waals surface area (Å²) >= 11 is 0. The van der Waals surface area contributed by atoms with E-state index in [0.717, 1.165) is 38.7 Å². The van der Waals surface area contributed by atoms with Crippen molar-refractivity contribution < 1.29 is 14.3 Å². The second kappa shape index (κ2) is 9.32. The lowest BCUT2D eigenvalue weighted by Gasteiger charge is -2.40. The van der Waals surface area contributed by atoms with Gasteiger partial charge < -0.3 is 20.1 Å². The van der Waals surface area contributed by atoms with Crippen LogP contribution in [0.3, 0.4) is 0 Å². The molecule has 1 aliphatic heterocycles. The van der Waals surface area contributed by atoms with E-state index in [1.807, 2.05) is 0 Å². The van der Waals surface area contributed by atoms with Crippen molar-refractivity contribution in [3.8, 4) is 0 Å². The van der Waals surface area contributed by atoms with E-state index in [9.17, 15) is 4.79 Å². The molecule has 1 fully saturated rings. The lowest BCUT2D eigenvalue weighted by Crippen LogP contribution is -2.48. The Bertz CT molecular complexity index is 280. The number of amides is 1. The van der Waals surface area contributed by atoms with Crippen LogP contribution in [0.1, 0.15) is 46.0 Å². The fraction of sp³-hybridized carbons (Fsp3) is 0.933. The van der Waals surface area contributed by atoms with Crippen molar-refractivity contribution in [2.45, 2.75) is 57.6 Å². The third-order valence-electron chi connectivity index (χ3n) is 4.18. The van der Waals surface area contributed by atoms with E-state index in [0.29, 0.717) is 25.7 Å². The molecule has 0 aromatic carbocycles. The summed E-state index contributed by atoms with van der Waals surface area (Å²) in [6, 6.07) is 0.383. The number of nitrogens with one attached hydrogen (secondary N) is 2. The van der Waals surface area contributed by atoms with Crippen LogP contribution < -0.4 is 10.6 Å². The van der Waals surface area contributed by atoms with Crippen LogP contribution in [0.25, 0.3) is 0 Å². The molecule has 20 heavy (non-hydrogen) atoms. The summed E-state index contributed by atoms with van der Waals surface area (Å²) in [5.74, 6) is 0.0613. The van der Waals surface area contributed by atoms with Crippen LogP contribution in [0.2, 0.25) is 0 Å². The van der Waals surface area contributed by atoms with Crippen LogP contribution in [0.5, 0.6) is 0 Å². The zero-order chi connectivity index (χ0) is 14.8. The molecule has 1 rings (SSSR count). The van der Waals surface area contributed by atoms with Gasteiger partial charge in [-0.05, 0) is 32.1 Å².